The second-order valence-electron chi connectivity index (χ2n) is 9.17. The maximum atomic E-state index is 12.8. The third-order valence-corrected chi connectivity index (χ3v) is 6.16. The molecule has 2 saturated heterocycles. The van der Waals surface area contributed by atoms with Gasteiger partial charge in [0.15, 0.2) is 0 Å². The topological polar surface area (TPSA) is 69.7 Å². The zero-order valence-corrected chi connectivity index (χ0v) is 16.4. The van der Waals surface area contributed by atoms with Crippen LogP contribution < -0.4 is 5.32 Å². The summed E-state index contributed by atoms with van der Waals surface area (Å²) >= 11 is 0. The number of piperidine rings is 1. The lowest BCUT2D eigenvalue weighted by molar-refractivity contribution is -0.139. The molecule has 1 N–H and O–H groups in total. The Balaban J connectivity index is 1.48. The Kier molecular flexibility index (Phi) is 5.58. The fraction of sp³-hybridized carbons (Fsp3) is 0.850. The molecule has 2 heterocycles. The minimum atomic E-state index is -0.239. The number of amides is 3. The first-order valence-corrected chi connectivity index (χ1v) is 10.2. The summed E-state index contributed by atoms with van der Waals surface area (Å²) in [5, 5.41) is 3.18. The SMILES string of the molecule is CC(C)(C)N1CC(C(=O)N2CCC(C(=O)NC3CCCC3)CC2)CC1=O. The van der Waals surface area contributed by atoms with Gasteiger partial charge in [-0.1, -0.05) is 12.8 Å². The van der Waals surface area contributed by atoms with Crippen LogP contribution in [-0.2, 0) is 14.4 Å². The molecule has 3 rings (SSSR count). The van der Waals surface area contributed by atoms with Gasteiger partial charge in [-0.25, -0.2) is 0 Å². The molecule has 0 aromatic carbocycles. The van der Waals surface area contributed by atoms with Gasteiger partial charge in [-0.05, 0) is 46.5 Å². The van der Waals surface area contributed by atoms with Gasteiger partial charge in [-0.3, -0.25) is 14.4 Å². The molecule has 1 saturated carbocycles. The predicted octanol–water partition coefficient (Wildman–Crippen LogP) is 1.93. The summed E-state index contributed by atoms with van der Waals surface area (Å²) in [6.07, 6.45) is 6.40. The molecule has 6 nitrogen and oxygen atoms in total. The molecular formula is C20H33N3O3. The molecule has 3 aliphatic rings. The zero-order valence-electron chi connectivity index (χ0n) is 16.4. The molecule has 0 aromatic rings. The van der Waals surface area contributed by atoms with Crippen molar-refractivity contribution in [2.45, 2.75) is 77.3 Å². The van der Waals surface area contributed by atoms with E-state index in [4.69, 9.17) is 0 Å². The summed E-state index contributed by atoms with van der Waals surface area (Å²) in [7, 11) is 0. The van der Waals surface area contributed by atoms with Crippen molar-refractivity contribution in [2.75, 3.05) is 19.6 Å². The van der Waals surface area contributed by atoms with Gasteiger partial charge in [0, 0.05) is 43.6 Å². The summed E-state index contributed by atoms with van der Waals surface area (Å²) in [5.41, 5.74) is -0.239. The van der Waals surface area contributed by atoms with Crippen molar-refractivity contribution in [1.29, 1.82) is 0 Å². The van der Waals surface area contributed by atoms with Crippen molar-refractivity contribution < 1.29 is 14.4 Å². The van der Waals surface area contributed by atoms with Crippen LogP contribution in [0.2, 0.25) is 0 Å². The van der Waals surface area contributed by atoms with E-state index in [-0.39, 0.29) is 35.1 Å². The summed E-state index contributed by atoms with van der Waals surface area (Å²) in [4.78, 5) is 41.1. The Bertz CT molecular complexity index is 555. The smallest absolute Gasteiger partial charge is 0.227 e. The number of carbonyl (C=O) groups is 3. The molecule has 146 valence electrons. The molecule has 0 bridgehead atoms. The molecule has 3 amide bonds. The molecule has 6 heteroatoms. The minimum absolute atomic E-state index is 0.0240. The molecule has 26 heavy (non-hydrogen) atoms. The van der Waals surface area contributed by atoms with E-state index in [1.54, 1.807) is 0 Å². The molecule has 3 fully saturated rings. The van der Waals surface area contributed by atoms with Crippen LogP contribution >= 0.6 is 0 Å². The third kappa shape index (κ3) is 4.21. The lowest BCUT2D eigenvalue weighted by Crippen LogP contribution is -2.47. The Labute approximate surface area is 156 Å². The van der Waals surface area contributed by atoms with Crippen LogP contribution in [0, 0.1) is 11.8 Å². The van der Waals surface area contributed by atoms with E-state index in [2.05, 4.69) is 5.32 Å². The van der Waals surface area contributed by atoms with E-state index >= 15 is 0 Å². The van der Waals surface area contributed by atoms with Gasteiger partial charge in [-0.15, -0.1) is 0 Å². The van der Waals surface area contributed by atoms with Crippen molar-refractivity contribution in [3.63, 3.8) is 0 Å². The van der Waals surface area contributed by atoms with E-state index in [9.17, 15) is 14.4 Å². The Hall–Kier alpha value is -1.59. The number of hydrogen-bond acceptors (Lipinski definition) is 3. The van der Waals surface area contributed by atoms with Crippen LogP contribution in [0.5, 0.6) is 0 Å². The Morgan fingerprint density at radius 3 is 2.15 bits per heavy atom. The minimum Gasteiger partial charge on any atom is -0.353 e. The van der Waals surface area contributed by atoms with Crippen molar-refractivity contribution >= 4 is 17.7 Å². The van der Waals surface area contributed by atoms with Gasteiger partial charge < -0.3 is 15.1 Å². The van der Waals surface area contributed by atoms with Crippen LogP contribution in [0.4, 0.5) is 0 Å². The highest BCUT2D eigenvalue weighted by Gasteiger charge is 2.41. The van der Waals surface area contributed by atoms with Crippen LogP contribution in [0.25, 0.3) is 0 Å². The van der Waals surface area contributed by atoms with Gasteiger partial charge in [0.2, 0.25) is 17.7 Å². The van der Waals surface area contributed by atoms with Gasteiger partial charge in [0.1, 0.15) is 0 Å². The number of hydrogen-bond donors (Lipinski definition) is 1. The summed E-state index contributed by atoms with van der Waals surface area (Å²) < 4.78 is 0. The highest BCUT2D eigenvalue weighted by atomic mass is 16.2. The maximum Gasteiger partial charge on any atom is 0.227 e. The van der Waals surface area contributed by atoms with Crippen LogP contribution in [0.3, 0.4) is 0 Å². The van der Waals surface area contributed by atoms with Gasteiger partial charge in [0.25, 0.3) is 0 Å². The largest absolute Gasteiger partial charge is 0.353 e. The monoisotopic (exact) mass is 363 g/mol. The fourth-order valence-corrected chi connectivity index (χ4v) is 4.53. The first kappa shape index (κ1) is 19.2. The summed E-state index contributed by atoms with van der Waals surface area (Å²) in [6.45, 7) is 7.79. The number of rotatable bonds is 3. The third-order valence-electron chi connectivity index (χ3n) is 6.16. The van der Waals surface area contributed by atoms with Crippen molar-refractivity contribution in [3.05, 3.63) is 0 Å². The molecular weight excluding hydrogens is 330 g/mol. The van der Waals surface area contributed by atoms with Crippen LogP contribution in [0.1, 0.15) is 65.7 Å². The molecule has 0 spiro atoms. The van der Waals surface area contributed by atoms with Crippen LogP contribution in [-0.4, -0.2) is 58.7 Å². The highest BCUT2D eigenvalue weighted by molar-refractivity contribution is 5.90. The molecule has 0 radical (unpaired) electrons. The lowest BCUT2D eigenvalue weighted by Gasteiger charge is -2.34. The molecule has 1 unspecified atom stereocenters. The average Bonchev–Trinajstić information content (AvgIpc) is 3.23. The maximum absolute atomic E-state index is 12.8. The van der Waals surface area contributed by atoms with E-state index in [1.165, 1.54) is 12.8 Å². The normalized spacial score (nSPS) is 25.8. The second-order valence-corrected chi connectivity index (χ2v) is 9.17. The first-order chi connectivity index (χ1) is 12.3. The van der Waals surface area contributed by atoms with Crippen molar-refractivity contribution in [1.82, 2.24) is 15.1 Å². The lowest BCUT2D eigenvalue weighted by atomic mass is 9.94. The Morgan fingerprint density at radius 2 is 1.62 bits per heavy atom. The van der Waals surface area contributed by atoms with E-state index in [1.807, 2.05) is 30.6 Å². The molecule has 0 aromatic heterocycles. The van der Waals surface area contributed by atoms with E-state index in [0.29, 0.717) is 32.1 Å². The van der Waals surface area contributed by atoms with Crippen molar-refractivity contribution in [2.24, 2.45) is 11.8 Å². The second kappa shape index (κ2) is 7.57. The molecule has 1 atom stereocenters. The van der Waals surface area contributed by atoms with E-state index in [0.717, 1.165) is 25.7 Å². The van der Waals surface area contributed by atoms with Crippen molar-refractivity contribution in [3.8, 4) is 0 Å². The van der Waals surface area contributed by atoms with Crippen LogP contribution in [0.15, 0.2) is 0 Å². The first-order valence-electron chi connectivity index (χ1n) is 10.2. The molecule has 2 aliphatic heterocycles. The van der Waals surface area contributed by atoms with Gasteiger partial charge in [0.05, 0.1) is 5.92 Å². The summed E-state index contributed by atoms with van der Waals surface area (Å²) in [5.74, 6) is 0.113. The molecule has 1 aliphatic carbocycles. The summed E-state index contributed by atoms with van der Waals surface area (Å²) in [6, 6.07) is 0.357. The average molecular weight is 364 g/mol. The number of nitrogens with zero attached hydrogens (tertiary/aromatic N) is 2. The number of carbonyl (C=O) groups excluding carboxylic acids is 3. The highest BCUT2D eigenvalue weighted by Crippen LogP contribution is 2.29. The standard InChI is InChI=1S/C20H33N3O3/c1-20(2,3)23-13-15(12-17(23)24)19(26)22-10-8-14(9-11-22)18(25)21-16-6-4-5-7-16/h14-16H,4-13H2,1-3H3,(H,21,25). The fourth-order valence-electron chi connectivity index (χ4n) is 4.53. The van der Waals surface area contributed by atoms with E-state index < -0.39 is 0 Å². The zero-order chi connectivity index (χ0) is 18.9. The number of likely N-dealkylation sites (tertiary alicyclic amines) is 2. The Morgan fingerprint density at radius 1 is 1.00 bits per heavy atom. The van der Waals surface area contributed by atoms with Gasteiger partial charge >= 0.3 is 0 Å². The number of nitrogens with one attached hydrogen (secondary N) is 1. The van der Waals surface area contributed by atoms with Gasteiger partial charge in [-0.2, -0.15) is 0 Å². The quantitative estimate of drug-likeness (QED) is 0.833. The predicted molar refractivity (Wildman–Crippen MR) is 99.3 cm³/mol.